The minimum atomic E-state index is -3.87. The predicted molar refractivity (Wildman–Crippen MR) is 106 cm³/mol. The van der Waals surface area contributed by atoms with E-state index in [4.69, 9.17) is 32.4 Å². The third-order valence-corrected chi connectivity index (χ3v) is 6.31. The zero-order valence-corrected chi connectivity index (χ0v) is 17.7. The summed E-state index contributed by atoms with van der Waals surface area (Å²) in [5, 5.41) is 2.49. The van der Waals surface area contributed by atoms with Gasteiger partial charge in [-0.05, 0) is 44.0 Å². The Morgan fingerprint density at radius 3 is 2.59 bits per heavy atom. The molecular weight excluding hydrogens is 443 g/mol. The molecule has 0 aliphatic heterocycles. The molecule has 1 aromatic carbocycles. The summed E-state index contributed by atoms with van der Waals surface area (Å²) in [6, 6.07) is 5.19. The number of rotatable bonds is 8. The Balaban J connectivity index is 1.73. The van der Waals surface area contributed by atoms with Gasteiger partial charge >= 0.3 is 5.97 Å². The van der Waals surface area contributed by atoms with Gasteiger partial charge in [0.15, 0.2) is 0 Å². The van der Waals surface area contributed by atoms with Crippen LogP contribution in [0.1, 0.15) is 46.4 Å². The van der Waals surface area contributed by atoms with E-state index in [1.54, 1.807) is 6.92 Å². The Labute approximate surface area is 177 Å². The molecule has 1 amide bonds. The van der Waals surface area contributed by atoms with Gasteiger partial charge in [0.2, 0.25) is 15.8 Å². The monoisotopic (exact) mass is 460 g/mol. The zero-order chi connectivity index (χ0) is 21.2. The van der Waals surface area contributed by atoms with Gasteiger partial charge < -0.3 is 14.5 Å². The Bertz CT molecular complexity index is 1050. The number of amides is 1. The van der Waals surface area contributed by atoms with Crippen molar-refractivity contribution in [3.8, 4) is 0 Å². The van der Waals surface area contributed by atoms with E-state index < -0.39 is 21.9 Å². The molecule has 1 fully saturated rings. The molecule has 1 aliphatic carbocycles. The summed E-state index contributed by atoms with van der Waals surface area (Å²) in [5.74, 6) is -0.901. The Hall–Kier alpha value is -2.07. The molecule has 1 aliphatic rings. The van der Waals surface area contributed by atoms with Crippen molar-refractivity contribution < 1.29 is 27.2 Å². The molecule has 1 heterocycles. The molecule has 29 heavy (non-hydrogen) atoms. The summed E-state index contributed by atoms with van der Waals surface area (Å²) < 4.78 is 37.6. The van der Waals surface area contributed by atoms with Crippen LogP contribution in [0.5, 0.6) is 0 Å². The number of carbonyl (C=O) groups is 2. The average molecular weight is 461 g/mol. The number of benzene rings is 1. The van der Waals surface area contributed by atoms with E-state index in [1.165, 1.54) is 18.2 Å². The average Bonchev–Trinajstić information content (AvgIpc) is 3.31. The van der Waals surface area contributed by atoms with Crippen LogP contribution in [0, 0.1) is 0 Å². The standard InChI is InChI=1S/C18H18Cl2N2O6S/c1-2-27-18(24)15-6-5-11(28-15)9-21-17(23)12-7-16(14(20)8-13(12)19)29(25,26)22-10-3-4-10/h5-8,10,22H,2-4,9H2,1H3,(H,21,23). The van der Waals surface area contributed by atoms with Crippen LogP contribution in [0.2, 0.25) is 10.0 Å². The number of sulfonamides is 1. The number of esters is 1. The molecular formula is C18H18Cl2N2O6S. The highest BCUT2D eigenvalue weighted by Gasteiger charge is 2.30. The molecule has 156 valence electrons. The number of ether oxygens (including phenoxy) is 1. The van der Waals surface area contributed by atoms with Crippen molar-refractivity contribution in [2.24, 2.45) is 0 Å². The minimum absolute atomic E-state index is 0.00419. The van der Waals surface area contributed by atoms with E-state index in [0.717, 1.165) is 18.9 Å². The van der Waals surface area contributed by atoms with Gasteiger partial charge in [-0.15, -0.1) is 0 Å². The second-order valence-corrected chi connectivity index (χ2v) is 8.82. The van der Waals surface area contributed by atoms with Crippen LogP contribution in [0.3, 0.4) is 0 Å². The van der Waals surface area contributed by atoms with Crippen LogP contribution < -0.4 is 10.0 Å². The molecule has 8 nitrogen and oxygen atoms in total. The molecule has 0 bridgehead atoms. The van der Waals surface area contributed by atoms with Crippen molar-refractivity contribution in [1.29, 1.82) is 0 Å². The second-order valence-electron chi connectivity index (χ2n) is 6.33. The molecule has 3 rings (SSSR count). The fourth-order valence-corrected chi connectivity index (χ4v) is 4.60. The fourth-order valence-electron chi connectivity index (χ4n) is 2.44. The Morgan fingerprint density at radius 2 is 1.93 bits per heavy atom. The third-order valence-electron chi connectivity index (χ3n) is 4.02. The maximum atomic E-state index is 12.5. The van der Waals surface area contributed by atoms with Gasteiger partial charge in [0.25, 0.3) is 5.91 Å². The molecule has 0 saturated heterocycles. The van der Waals surface area contributed by atoms with Gasteiger partial charge in [-0.25, -0.2) is 17.9 Å². The lowest BCUT2D eigenvalue weighted by atomic mass is 10.2. The lowest BCUT2D eigenvalue weighted by Gasteiger charge is -2.11. The van der Waals surface area contributed by atoms with E-state index in [1.807, 2.05) is 0 Å². The number of furan rings is 1. The SMILES string of the molecule is CCOC(=O)c1ccc(CNC(=O)c2cc(S(=O)(=O)NC3CC3)c(Cl)cc2Cl)o1. The van der Waals surface area contributed by atoms with E-state index in [0.29, 0.717) is 5.76 Å². The molecule has 0 radical (unpaired) electrons. The molecule has 0 atom stereocenters. The molecule has 1 saturated carbocycles. The van der Waals surface area contributed by atoms with Crippen molar-refractivity contribution in [1.82, 2.24) is 10.0 Å². The summed E-state index contributed by atoms with van der Waals surface area (Å²) in [6.45, 7) is 1.84. The van der Waals surface area contributed by atoms with Gasteiger partial charge in [0, 0.05) is 6.04 Å². The molecule has 11 heteroatoms. The van der Waals surface area contributed by atoms with Crippen LogP contribution in [-0.2, 0) is 21.3 Å². The van der Waals surface area contributed by atoms with Crippen LogP contribution in [0.25, 0.3) is 0 Å². The topological polar surface area (TPSA) is 115 Å². The van der Waals surface area contributed by atoms with Crippen LogP contribution in [-0.4, -0.2) is 32.9 Å². The van der Waals surface area contributed by atoms with Crippen molar-refractivity contribution >= 4 is 45.1 Å². The number of hydrogen-bond donors (Lipinski definition) is 2. The maximum Gasteiger partial charge on any atom is 0.374 e. The van der Waals surface area contributed by atoms with Gasteiger partial charge in [0.1, 0.15) is 10.7 Å². The quantitative estimate of drug-likeness (QED) is 0.584. The van der Waals surface area contributed by atoms with Crippen LogP contribution in [0.4, 0.5) is 0 Å². The summed E-state index contributed by atoms with van der Waals surface area (Å²) in [5.41, 5.74) is -0.0515. The second kappa shape index (κ2) is 8.74. The highest BCUT2D eigenvalue weighted by molar-refractivity contribution is 7.89. The highest BCUT2D eigenvalue weighted by atomic mass is 35.5. The van der Waals surface area contributed by atoms with Gasteiger partial charge in [-0.2, -0.15) is 0 Å². The van der Waals surface area contributed by atoms with Crippen molar-refractivity contribution in [3.63, 3.8) is 0 Å². The normalized spacial score (nSPS) is 13.9. The first-order valence-corrected chi connectivity index (χ1v) is 11.0. The summed E-state index contributed by atoms with van der Waals surface area (Å²) >= 11 is 12.1. The number of carbonyl (C=O) groups excluding carboxylic acids is 2. The molecule has 0 unspecified atom stereocenters. The van der Waals surface area contributed by atoms with E-state index >= 15 is 0 Å². The summed E-state index contributed by atoms with van der Waals surface area (Å²) in [4.78, 5) is 23.9. The number of halogens is 2. The highest BCUT2D eigenvalue weighted by Crippen LogP contribution is 2.30. The molecule has 2 aromatic rings. The third kappa shape index (κ3) is 5.30. The first-order chi connectivity index (χ1) is 13.7. The zero-order valence-electron chi connectivity index (χ0n) is 15.3. The van der Waals surface area contributed by atoms with E-state index in [2.05, 4.69) is 10.0 Å². The van der Waals surface area contributed by atoms with E-state index in [9.17, 15) is 18.0 Å². The van der Waals surface area contributed by atoms with Crippen molar-refractivity contribution in [2.45, 2.75) is 37.2 Å². The molecule has 0 spiro atoms. The van der Waals surface area contributed by atoms with Gasteiger partial charge in [0.05, 0.1) is 28.8 Å². The van der Waals surface area contributed by atoms with Crippen molar-refractivity contribution in [3.05, 3.63) is 51.4 Å². The lowest BCUT2D eigenvalue weighted by Crippen LogP contribution is -2.27. The largest absolute Gasteiger partial charge is 0.460 e. The minimum Gasteiger partial charge on any atom is -0.460 e. The first-order valence-electron chi connectivity index (χ1n) is 8.76. The summed E-state index contributed by atoms with van der Waals surface area (Å²) in [7, 11) is -3.87. The first kappa shape index (κ1) is 21.6. The fraction of sp³-hybridized carbons (Fsp3) is 0.333. The summed E-state index contributed by atoms with van der Waals surface area (Å²) in [6.07, 6.45) is 1.52. The number of nitrogens with one attached hydrogen (secondary N) is 2. The maximum absolute atomic E-state index is 12.5. The molecule has 1 aromatic heterocycles. The van der Waals surface area contributed by atoms with Gasteiger partial charge in [-0.1, -0.05) is 23.2 Å². The lowest BCUT2D eigenvalue weighted by molar-refractivity contribution is 0.0488. The van der Waals surface area contributed by atoms with Crippen LogP contribution >= 0.6 is 23.2 Å². The van der Waals surface area contributed by atoms with Crippen LogP contribution in [0.15, 0.2) is 33.6 Å². The molecule has 2 N–H and O–H groups in total. The Morgan fingerprint density at radius 1 is 1.21 bits per heavy atom. The van der Waals surface area contributed by atoms with Crippen molar-refractivity contribution in [2.75, 3.05) is 6.61 Å². The van der Waals surface area contributed by atoms with Gasteiger partial charge in [-0.3, -0.25) is 4.79 Å². The predicted octanol–water partition coefficient (Wildman–Crippen LogP) is 3.13. The number of hydrogen-bond acceptors (Lipinski definition) is 6. The Kier molecular flexibility index (Phi) is 6.52. The smallest absolute Gasteiger partial charge is 0.374 e. The van der Waals surface area contributed by atoms with E-state index in [-0.39, 0.29) is 45.5 Å².